The minimum Gasteiger partial charge on any atom is -0.507 e. The lowest BCUT2D eigenvalue weighted by molar-refractivity contribution is -0.137. The van der Waals surface area contributed by atoms with Crippen molar-refractivity contribution >= 4 is 44.7 Å². The van der Waals surface area contributed by atoms with Crippen LogP contribution in [0.1, 0.15) is 5.56 Å². The lowest BCUT2D eigenvalue weighted by Gasteiger charge is -2.12. The molecule has 0 aromatic heterocycles. The van der Waals surface area contributed by atoms with Crippen LogP contribution in [0.5, 0.6) is 5.75 Å². The summed E-state index contributed by atoms with van der Waals surface area (Å²) in [5, 5.41) is 12.1. The molecule has 0 amide bonds. The summed E-state index contributed by atoms with van der Waals surface area (Å²) in [7, 11) is 0. The van der Waals surface area contributed by atoms with Crippen molar-refractivity contribution in [1.82, 2.24) is 0 Å². The van der Waals surface area contributed by atoms with E-state index in [0.29, 0.717) is 21.2 Å². The van der Waals surface area contributed by atoms with Crippen molar-refractivity contribution in [2.24, 2.45) is 0 Å². The molecule has 0 aliphatic heterocycles. The van der Waals surface area contributed by atoms with Gasteiger partial charge in [0.25, 0.3) is 0 Å². The van der Waals surface area contributed by atoms with Crippen molar-refractivity contribution in [3.8, 4) is 5.75 Å². The number of rotatable bonds is 0. The molecule has 3 aromatic carbocycles. The zero-order valence-electron chi connectivity index (χ0n) is 10.3. The van der Waals surface area contributed by atoms with Crippen LogP contribution < -0.4 is 0 Å². The maximum atomic E-state index is 12.9. The Hall–Kier alpha value is -1.65. The Labute approximate surface area is 127 Å². The highest BCUT2D eigenvalue weighted by Crippen LogP contribution is 2.40. The van der Waals surface area contributed by atoms with Gasteiger partial charge in [0.1, 0.15) is 5.75 Å². The van der Waals surface area contributed by atoms with Crippen molar-refractivity contribution in [3.05, 3.63) is 52.0 Å². The van der Waals surface area contributed by atoms with E-state index in [1.54, 1.807) is 0 Å². The largest absolute Gasteiger partial charge is 0.507 e. The Kier molecular flexibility index (Phi) is 3.19. The molecule has 0 bridgehead atoms. The minimum absolute atomic E-state index is 0.129. The monoisotopic (exact) mass is 330 g/mol. The van der Waals surface area contributed by atoms with Crippen LogP contribution in [0.4, 0.5) is 13.2 Å². The highest BCUT2D eigenvalue weighted by molar-refractivity contribution is 6.39. The quantitative estimate of drug-likeness (QED) is 0.499. The normalized spacial score (nSPS) is 12.2. The first-order chi connectivity index (χ1) is 9.77. The van der Waals surface area contributed by atoms with Crippen molar-refractivity contribution in [1.29, 1.82) is 0 Å². The second kappa shape index (κ2) is 4.68. The van der Waals surface area contributed by atoms with Crippen LogP contribution >= 0.6 is 23.2 Å². The van der Waals surface area contributed by atoms with E-state index in [1.165, 1.54) is 24.3 Å². The van der Waals surface area contributed by atoms with Crippen LogP contribution in [0.2, 0.25) is 10.0 Å². The van der Waals surface area contributed by atoms with Gasteiger partial charge in [-0.2, -0.15) is 13.2 Å². The van der Waals surface area contributed by atoms with Gasteiger partial charge in [0.15, 0.2) is 0 Å². The first kappa shape index (κ1) is 14.3. The van der Waals surface area contributed by atoms with Crippen LogP contribution in [-0.2, 0) is 6.18 Å². The maximum Gasteiger partial charge on any atom is 0.416 e. The molecule has 6 heteroatoms. The van der Waals surface area contributed by atoms with E-state index < -0.39 is 11.7 Å². The van der Waals surface area contributed by atoms with Crippen molar-refractivity contribution < 1.29 is 18.3 Å². The molecule has 21 heavy (non-hydrogen) atoms. The molecule has 0 fully saturated rings. The smallest absolute Gasteiger partial charge is 0.416 e. The molecule has 0 heterocycles. The summed E-state index contributed by atoms with van der Waals surface area (Å²) in [6.45, 7) is 0. The average molecular weight is 331 g/mol. The third kappa shape index (κ3) is 2.39. The van der Waals surface area contributed by atoms with Gasteiger partial charge in [-0.15, -0.1) is 0 Å². The molecule has 0 saturated carbocycles. The lowest BCUT2D eigenvalue weighted by Crippen LogP contribution is -2.04. The summed E-state index contributed by atoms with van der Waals surface area (Å²) >= 11 is 12.0. The molecule has 1 nitrogen and oxygen atoms in total. The number of aromatic hydroxyl groups is 1. The van der Waals surface area contributed by atoms with Crippen LogP contribution in [0, 0.1) is 0 Å². The maximum absolute atomic E-state index is 12.9. The molecule has 0 aliphatic rings. The Morgan fingerprint density at radius 3 is 2.14 bits per heavy atom. The number of phenols is 1. The number of fused-ring (bicyclic) bond motifs is 3. The van der Waals surface area contributed by atoms with Gasteiger partial charge in [-0.25, -0.2) is 0 Å². The molecular formula is C15H7Cl2F3O. The fourth-order valence-electron chi connectivity index (χ4n) is 2.34. The van der Waals surface area contributed by atoms with E-state index in [9.17, 15) is 18.3 Å². The molecule has 0 aliphatic carbocycles. The van der Waals surface area contributed by atoms with E-state index in [-0.39, 0.29) is 16.2 Å². The Morgan fingerprint density at radius 2 is 1.48 bits per heavy atom. The summed E-state index contributed by atoms with van der Waals surface area (Å²) in [5.41, 5.74) is -0.794. The molecule has 0 spiro atoms. The van der Waals surface area contributed by atoms with Crippen LogP contribution in [0.15, 0.2) is 36.4 Å². The van der Waals surface area contributed by atoms with Gasteiger partial charge < -0.3 is 5.11 Å². The van der Waals surface area contributed by atoms with Gasteiger partial charge in [-0.3, -0.25) is 0 Å². The van der Waals surface area contributed by atoms with E-state index in [2.05, 4.69) is 0 Å². The van der Waals surface area contributed by atoms with Crippen LogP contribution in [-0.4, -0.2) is 5.11 Å². The molecule has 3 rings (SSSR count). The molecular weight excluding hydrogens is 324 g/mol. The minimum atomic E-state index is -4.46. The second-order valence-corrected chi connectivity index (χ2v) is 5.48. The van der Waals surface area contributed by atoms with E-state index >= 15 is 0 Å². The summed E-state index contributed by atoms with van der Waals surface area (Å²) in [6.07, 6.45) is -4.46. The number of hydrogen-bond acceptors (Lipinski definition) is 1. The van der Waals surface area contributed by atoms with Gasteiger partial charge in [0.2, 0.25) is 0 Å². The Bertz CT molecular complexity index is 872. The zero-order valence-corrected chi connectivity index (χ0v) is 11.8. The Morgan fingerprint density at radius 1 is 0.810 bits per heavy atom. The number of alkyl halides is 3. The third-order valence-corrected chi connectivity index (χ3v) is 3.82. The van der Waals surface area contributed by atoms with Crippen molar-refractivity contribution in [3.63, 3.8) is 0 Å². The summed E-state index contributed by atoms with van der Waals surface area (Å²) in [4.78, 5) is 0. The van der Waals surface area contributed by atoms with Gasteiger partial charge >= 0.3 is 6.18 Å². The highest BCUT2D eigenvalue weighted by Gasteiger charge is 2.30. The van der Waals surface area contributed by atoms with Crippen molar-refractivity contribution in [2.75, 3.05) is 0 Å². The topological polar surface area (TPSA) is 20.2 Å². The number of hydrogen-bond donors (Lipinski definition) is 1. The number of phenolic OH excluding ortho intramolecular Hbond substituents is 1. The van der Waals surface area contributed by atoms with Crippen LogP contribution in [0.25, 0.3) is 21.5 Å². The van der Waals surface area contributed by atoms with Gasteiger partial charge in [0, 0.05) is 15.8 Å². The number of halogens is 5. The summed E-state index contributed by atoms with van der Waals surface area (Å²) < 4.78 is 38.6. The molecule has 1 N–H and O–H groups in total. The first-order valence-electron chi connectivity index (χ1n) is 5.89. The third-order valence-electron chi connectivity index (χ3n) is 3.29. The zero-order chi connectivity index (χ0) is 15.4. The van der Waals surface area contributed by atoms with Gasteiger partial charge in [-0.1, -0.05) is 29.3 Å². The average Bonchev–Trinajstić information content (AvgIpc) is 2.39. The fraction of sp³-hybridized carbons (Fsp3) is 0.0667. The van der Waals surface area contributed by atoms with Crippen LogP contribution in [0.3, 0.4) is 0 Å². The van der Waals surface area contributed by atoms with E-state index in [0.717, 1.165) is 12.1 Å². The summed E-state index contributed by atoms with van der Waals surface area (Å²) in [5.74, 6) is -0.129. The number of benzene rings is 3. The second-order valence-electron chi connectivity index (χ2n) is 4.64. The first-order valence-corrected chi connectivity index (χ1v) is 6.64. The molecule has 0 saturated heterocycles. The fourth-order valence-corrected chi connectivity index (χ4v) is 2.88. The standard InChI is InChI=1S/C15H7Cl2F3O/c16-8-4-11-10-3-7(15(18,19)20)1-2-9(10)14(21)6-12(11)13(17)5-8/h1-6,21H. The lowest BCUT2D eigenvalue weighted by atomic mass is 9.99. The highest BCUT2D eigenvalue weighted by atomic mass is 35.5. The van der Waals surface area contributed by atoms with E-state index in [4.69, 9.17) is 23.2 Å². The molecule has 0 atom stereocenters. The predicted octanol–water partition coefficient (Wildman–Crippen LogP) is 6.02. The van der Waals surface area contributed by atoms with Crippen molar-refractivity contribution in [2.45, 2.75) is 6.18 Å². The predicted molar refractivity (Wildman–Crippen MR) is 78.1 cm³/mol. The molecule has 0 unspecified atom stereocenters. The van der Waals surface area contributed by atoms with Gasteiger partial charge in [-0.05, 0) is 41.1 Å². The SMILES string of the molecule is Oc1cc2c(Cl)cc(Cl)cc2c2cc(C(F)(F)F)ccc12. The molecule has 108 valence electrons. The molecule has 0 radical (unpaired) electrons. The Balaban J connectivity index is 2.51. The van der Waals surface area contributed by atoms with E-state index in [1.807, 2.05) is 0 Å². The summed E-state index contributed by atoms with van der Waals surface area (Å²) in [6, 6.07) is 7.59. The van der Waals surface area contributed by atoms with Gasteiger partial charge in [0.05, 0.1) is 10.6 Å². The molecule has 3 aromatic rings.